The van der Waals surface area contributed by atoms with Gasteiger partial charge in [0.25, 0.3) is 5.78 Å². The molecule has 0 radical (unpaired) electrons. The van der Waals surface area contributed by atoms with Crippen LogP contribution in [-0.4, -0.2) is 55.1 Å². The van der Waals surface area contributed by atoms with Crippen molar-refractivity contribution < 1.29 is 0 Å². The summed E-state index contributed by atoms with van der Waals surface area (Å²) in [5.74, 6) is 1.70. The maximum atomic E-state index is 4.49. The number of anilines is 1. The molecular formula is C19H25N7. The fourth-order valence-corrected chi connectivity index (χ4v) is 3.86. The zero-order chi connectivity index (χ0) is 17.9. The molecule has 1 atom stereocenters. The molecule has 0 aliphatic carbocycles. The van der Waals surface area contributed by atoms with Crippen LogP contribution in [0.5, 0.6) is 0 Å². The Morgan fingerprint density at radius 2 is 2.12 bits per heavy atom. The Kier molecular flexibility index (Phi) is 4.79. The summed E-state index contributed by atoms with van der Waals surface area (Å²) in [6.45, 7) is 8.33. The molecule has 3 aromatic heterocycles. The topological polar surface area (TPSA) is 62.5 Å². The normalized spacial score (nSPS) is 17.8. The molecule has 0 spiro atoms. The summed E-state index contributed by atoms with van der Waals surface area (Å²) in [6.07, 6.45) is 7.79. The van der Waals surface area contributed by atoms with Crippen LogP contribution in [0.3, 0.4) is 0 Å². The van der Waals surface area contributed by atoms with Crippen molar-refractivity contribution >= 4 is 11.6 Å². The van der Waals surface area contributed by atoms with E-state index in [1.807, 2.05) is 23.8 Å². The minimum absolute atomic E-state index is 0.564. The zero-order valence-electron chi connectivity index (χ0n) is 15.4. The second-order valence-electron chi connectivity index (χ2n) is 6.89. The molecule has 1 fully saturated rings. The lowest BCUT2D eigenvalue weighted by Gasteiger charge is -2.32. The molecule has 0 aromatic carbocycles. The molecule has 1 unspecified atom stereocenters. The van der Waals surface area contributed by atoms with Gasteiger partial charge in [0.2, 0.25) is 0 Å². The third-order valence-corrected chi connectivity index (χ3v) is 5.14. The maximum Gasteiger partial charge on any atom is 0.254 e. The minimum atomic E-state index is 0.564. The molecule has 7 nitrogen and oxygen atoms in total. The first kappa shape index (κ1) is 16.9. The fraction of sp³-hybridized carbons (Fsp3) is 0.474. The van der Waals surface area contributed by atoms with Crippen LogP contribution in [0.25, 0.3) is 5.78 Å². The predicted molar refractivity (Wildman–Crippen MR) is 101 cm³/mol. The monoisotopic (exact) mass is 351 g/mol. The minimum Gasteiger partial charge on any atom is -0.350 e. The summed E-state index contributed by atoms with van der Waals surface area (Å²) in [5.41, 5.74) is 2.20. The van der Waals surface area contributed by atoms with Gasteiger partial charge in [0.15, 0.2) is 0 Å². The molecular weight excluding hydrogens is 326 g/mol. The van der Waals surface area contributed by atoms with Crippen LogP contribution in [0, 0.1) is 6.92 Å². The van der Waals surface area contributed by atoms with Gasteiger partial charge in [-0.15, -0.1) is 0 Å². The number of aromatic nitrogens is 5. The maximum absolute atomic E-state index is 4.49. The Morgan fingerprint density at radius 1 is 1.27 bits per heavy atom. The number of pyridine rings is 1. The van der Waals surface area contributed by atoms with Crippen LogP contribution in [0.1, 0.15) is 31.0 Å². The van der Waals surface area contributed by atoms with E-state index in [1.165, 1.54) is 24.9 Å². The average Bonchev–Trinajstić information content (AvgIpc) is 3.30. The third kappa shape index (κ3) is 3.39. The third-order valence-electron chi connectivity index (χ3n) is 5.14. The van der Waals surface area contributed by atoms with Crippen molar-refractivity contribution in [3.05, 3.63) is 48.2 Å². The van der Waals surface area contributed by atoms with Crippen LogP contribution < -0.4 is 4.90 Å². The van der Waals surface area contributed by atoms with Gasteiger partial charge in [0.1, 0.15) is 12.1 Å². The van der Waals surface area contributed by atoms with Gasteiger partial charge >= 0.3 is 0 Å². The van der Waals surface area contributed by atoms with Gasteiger partial charge in [-0.25, -0.2) is 4.98 Å². The van der Waals surface area contributed by atoms with Crippen molar-refractivity contribution in [2.45, 2.75) is 39.3 Å². The summed E-state index contributed by atoms with van der Waals surface area (Å²) < 4.78 is 1.85. The van der Waals surface area contributed by atoms with Crippen LogP contribution >= 0.6 is 0 Å². The van der Waals surface area contributed by atoms with E-state index in [0.29, 0.717) is 11.8 Å². The highest BCUT2D eigenvalue weighted by Gasteiger charge is 2.26. The van der Waals surface area contributed by atoms with Crippen molar-refractivity contribution in [2.75, 3.05) is 24.5 Å². The van der Waals surface area contributed by atoms with Crippen LogP contribution in [-0.2, 0) is 6.54 Å². The van der Waals surface area contributed by atoms with E-state index in [-0.39, 0.29) is 0 Å². The second-order valence-corrected chi connectivity index (χ2v) is 6.89. The number of likely N-dealkylation sites (N-methyl/N-ethyl adjacent to an activating group) is 1. The molecule has 4 heterocycles. The van der Waals surface area contributed by atoms with E-state index in [1.54, 1.807) is 6.33 Å². The van der Waals surface area contributed by atoms with Gasteiger partial charge in [-0.1, -0.05) is 6.92 Å². The van der Waals surface area contributed by atoms with Crippen LogP contribution in [0.2, 0.25) is 0 Å². The molecule has 0 saturated carbocycles. The van der Waals surface area contributed by atoms with Gasteiger partial charge < -0.3 is 4.90 Å². The lowest BCUT2D eigenvalue weighted by Crippen LogP contribution is -2.41. The highest BCUT2D eigenvalue weighted by molar-refractivity contribution is 5.48. The lowest BCUT2D eigenvalue weighted by atomic mass is 10.1. The molecule has 26 heavy (non-hydrogen) atoms. The van der Waals surface area contributed by atoms with Crippen LogP contribution in [0.15, 0.2) is 36.9 Å². The molecule has 1 saturated heterocycles. The molecule has 4 rings (SSSR count). The Morgan fingerprint density at radius 3 is 2.92 bits per heavy atom. The number of fused-ring (bicyclic) bond motifs is 1. The van der Waals surface area contributed by atoms with Crippen molar-refractivity contribution in [2.24, 2.45) is 0 Å². The van der Waals surface area contributed by atoms with E-state index in [0.717, 1.165) is 31.1 Å². The molecule has 0 amide bonds. The Labute approximate surface area is 153 Å². The van der Waals surface area contributed by atoms with Crippen LogP contribution in [0.4, 0.5) is 5.82 Å². The number of hydrogen-bond donors (Lipinski definition) is 0. The predicted octanol–water partition coefficient (Wildman–Crippen LogP) is 2.32. The van der Waals surface area contributed by atoms with E-state index >= 15 is 0 Å². The molecule has 7 heteroatoms. The molecule has 136 valence electrons. The molecule has 0 bridgehead atoms. The number of rotatable bonds is 6. The van der Waals surface area contributed by atoms with Gasteiger partial charge in [0.05, 0.1) is 0 Å². The van der Waals surface area contributed by atoms with E-state index in [9.17, 15) is 0 Å². The first-order valence-corrected chi connectivity index (χ1v) is 9.30. The zero-order valence-corrected chi connectivity index (χ0v) is 15.4. The Bertz CT molecular complexity index is 861. The Balaban J connectivity index is 1.70. The highest BCUT2D eigenvalue weighted by atomic mass is 15.4. The van der Waals surface area contributed by atoms with Crippen molar-refractivity contribution in [3.8, 4) is 0 Å². The smallest absolute Gasteiger partial charge is 0.254 e. The molecule has 0 N–H and O–H groups in total. The lowest BCUT2D eigenvalue weighted by molar-refractivity contribution is 0.268. The number of nitrogens with zero attached hydrogens (tertiary/aromatic N) is 7. The molecule has 1 aliphatic heterocycles. The van der Waals surface area contributed by atoms with Crippen molar-refractivity contribution in [1.82, 2.24) is 29.5 Å². The first-order valence-electron chi connectivity index (χ1n) is 9.30. The number of likely N-dealkylation sites (tertiary alicyclic amines) is 1. The van der Waals surface area contributed by atoms with E-state index < -0.39 is 0 Å². The molecule has 1 aliphatic rings. The number of hydrogen-bond acceptors (Lipinski definition) is 6. The number of aryl methyl sites for hydroxylation is 1. The first-order chi connectivity index (χ1) is 12.7. The summed E-state index contributed by atoms with van der Waals surface area (Å²) in [4.78, 5) is 17.9. The molecule has 3 aromatic rings. The van der Waals surface area contributed by atoms with E-state index in [2.05, 4.69) is 55.0 Å². The fourth-order valence-electron chi connectivity index (χ4n) is 3.86. The van der Waals surface area contributed by atoms with Gasteiger partial charge in [-0.2, -0.15) is 14.6 Å². The summed E-state index contributed by atoms with van der Waals surface area (Å²) in [7, 11) is 0. The van der Waals surface area contributed by atoms with Gasteiger partial charge in [0, 0.05) is 43.3 Å². The summed E-state index contributed by atoms with van der Waals surface area (Å²) >= 11 is 0. The largest absolute Gasteiger partial charge is 0.350 e. The summed E-state index contributed by atoms with van der Waals surface area (Å²) in [6, 6.07) is 6.82. The van der Waals surface area contributed by atoms with Gasteiger partial charge in [-0.3, -0.25) is 9.88 Å². The van der Waals surface area contributed by atoms with Crippen molar-refractivity contribution in [1.29, 1.82) is 0 Å². The highest BCUT2D eigenvalue weighted by Crippen LogP contribution is 2.24. The van der Waals surface area contributed by atoms with Gasteiger partial charge in [-0.05, 0) is 50.6 Å². The average molecular weight is 351 g/mol. The second kappa shape index (κ2) is 7.37. The SMILES string of the molecule is CCN1CCCC1CN(Cc1ccncc1)c1cc(C)nc2ncnn12. The van der Waals surface area contributed by atoms with Crippen molar-refractivity contribution in [3.63, 3.8) is 0 Å². The standard InChI is InChI=1S/C19H25N7/c1-3-24-10-4-5-17(24)13-25(12-16-6-8-20-9-7-16)18-11-15(2)23-19-21-14-22-26(18)19/h6-9,11,14,17H,3-5,10,12-13H2,1-2H3. The quantitative estimate of drug-likeness (QED) is 0.679. The Hall–Kier alpha value is -2.54. The summed E-state index contributed by atoms with van der Waals surface area (Å²) in [5, 5.41) is 4.41. The van der Waals surface area contributed by atoms with E-state index in [4.69, 9.17) is 0 Å².